The van der Waals surface area contributed by atoms with Crippen LogP contribution in [0.25, 0.3) is 0 Å². The molecule has 0 fully saturated rings. The van der Waals surface area contributed by atoms with E-state index in [4.69, 9.17) is 11.6 Å². The Balaban J connectivity index is 1.96. The highest BCUT2D eigenvalue weighted by atomic mass is 79.9. The van der Waals surface area contributed by atoms with Crippen LogP contribution in [0.1, 0.15) is 15.2 Å². The molecule has 3 nitrogen and oxygen atoms in total. The Kier molecular flexibility index (Phi) is 4.52. The van der Waals surface area contributed by atoms with E-state index < -0.39 is 0 Å². The molecule has 0 saturated carbocycles. The number of carbonyl (C=O) groups excluding carboxylic acids is 1. The minimum absolute atomic E-state index is 0.249. The molecular weight excluding hydrogens is 336 g/mol. The van der Waals surface area contributed by atoms with Crippen molar-refractivity contribution < 1.29 is 4.79 Å². The second-order valence-corrected chi connectivity index (χ2v) is 6.01. The second-order valence-electron chi connectivity index (χ2n) is 3.35. The first-order chi connectivity index (χ1) is 8.65. The molecule has 18 heavy (non-hydrogen) atoms. The number of hydrogen-bond acceptors (Lipinski definition) is 3. The molecule has 1 aromatic carbocycles. The number of halogens is 2. The van der Waals surface area contributed by atoms with E-state index in [-0.39, 0.29) is 5.91 Å². The first-order valence-corrected chi connectivity index (χ1v) is 6.98. The van der Waals surface area contributed by atoms with Gasteiger partial charge in [-0.05, 0) is 36.4 Å². The number of amides is 1. The molecule has 0 aliphatic rings. The lowest BCUT2D eigenvalue weighted by Gasteiger charge is -1.99. The van der Waals surface area contributed by atoms with Crippen molar-refractivity contribution in [1.29, 1.82) is 0 Å². The van der Waals surface area contributed by atoms with Crippen molar-refractivity contribution in [3.8, 4) is 0 Å². The van der Waals surface area contributed by atoms with Gasteiger partial charge >= 0.3 is 0 Å². The number of carbonyl (C=O) groups is 1. The summed E-state index contributed by atoms with van der Waals surface area (Å²) in [7, 11) is 0. The summed E-state index contributed by atoms with van der Waals surface area (Å²) in [5, 5.41) is 3.87. The van der Waals surface area contributed by atoms with Crippen molar-refractivity contribution in [3.63, 3.8) is 0 Å². The number of thiophene rings is 1. The summed E-state index contributed by atoms with van der Waals surface area (Å²) < 4.78 is 1.62. The zero-order valence-corrected chi connectivity index (χ0v) is 12.2. The number of nitrogens with one attached hydrogen (secondary N) is 1. The lowest BCUT2D eigenvalue weighted by Crippen LogP contribution is -2.17. The fourth-order valence-corrected chi connectivity index (χ4v) is 2.42. The maximum Gasteiger partial charge on any atom is 0.271 e. The van der Waals surface area contributed by atoms with E-state index in [1.165, 1.54) is 11.3 Å². The van der Waals surface area contributed by atoms with E-state index in [0.29, 0.717) is 9.90 Å². The van der Waals surface area contributed by atoms with Crippen molar-refractivity contribution >= 4 is 51.0 Å². The molecule has 0 radical (unpaired) electrons. The third-order valence-electron chi connectivity index (χ3n) is 2.06. The van der Waals surface area contributed by atoms with Gasteiger partial charge in [0.2, 0.25) is 0 Å². The van der Waals surface area contributed by atoms with Gasteiger partial charge in [0.15, 0.2) is 0 Å². The van der Waals surface area contributed by atoms with E-state index in [9.17, 15) is 4.79 Å². The molecule has 1 amide bonds. The van der Waals surface area contributed by atoms with E-state index in [2.05, 4.69) is 26.5 Å². The molecule has 1 aromatic heterocycles. The predicted molar refractivity (Wildman–Crippen MR) is 78.5 cm³/mol. The highest BCUT2D eigenvalue weighted by Gasteiger charge is 2.03. The average molecular weight is 344 g/mol. The van der Waals surface area contributed by atoms with Gasteiger partial charge in [0.05, 0.1) is 10.6 Å². The largest absolute Gasteiger partial charge is 0.271 e. The van der Waals surface area contributed by atoms with Crippen LogP contribution in [0, 0.1) is 0 Å². The maximum absolute atomic E-state index is 11.7. The number of hydrogen-bond donors (Lipinski definition) is 1. The maximum atomic E-state index is 11.7. The molecule has 0 aliphatic heterocycles. The first kappa shape index (κ1) is 13.3. The van der Waals surface area contributed by atoms with Crippen molar-refractivity contribution in [2.24, 2.45) is 5.10 Å². The lowest BCUT2D eigenvalue weighted by molar-refractivity contribution is 0.0955. The Bertz CT molecular complexity index is 580. The second kappa shape index (κ2) is 6.13. The van der Waals surface area contributed by atoms with Gasteiger partial charge in [0.1, 0.15) is 0 Å². The van der Waals surface area contributed by atoms with Crippen LogP contribution in [0.5, 0.6) is 0 Å². The Morgan fingerprint density at radius 1 is 1.28 bits per heavy atom. The van der Waals surface area contributed by atoms with E-state index in [0.717, 1.165) is 9.35 Å². The number of rotatable bonds is 3. The Labute approximate surface area is 122 Å². The molecule has 0 unspecified atom stereocenters. The SMILES string of the molecule is O=C(NN=Cc1ccc(Cl)s1)c1ccc(Br)cc1. The quantitative estimate of drug-likeness (QED) is 0.666. The zero-order chi connectivity index (χ0) is 13.0. The van der Waals surface area contributed by atoms with Crippen molar-refractivity contribution in [3.05, 3.63) is 55.6 Å². The van der Waals surface area contributed by atoms with Crippen LogP contribution >= 0.6 is 38.9 Å². The summed E-state index contributed by atoms with van der Waals surface area (Å²) >= 11 is 10.5. The molecular formula is C12H8BrClN2OS. The van der Waals surface area contributed by atoms with Crippen molar-refractivity contribution in [2.75, 3.05) is 0 Å². The Morgan fingerprint density at radius 3 is 2.61 bits per heavy atom. The lowest BCUT2D eigenvalue weighted by atomic mass is 10.2. The minimum atomic E-state index is -0.249. The molecule has 1 N–H and O–H groups in total. The standard InChI is InChI=1S/C12H8BrClN2OS/c13-9-3-1-8(2-4-9)12(17)16-15-7-10-5-6-11(14)18-10/h1-7H,(H,16,17). The molecule has 6 heteroatoms. The highest BCUT2D eigenvalue weighted by molar-refractivity contribution is 9.10. The molecule has 0 atom stereocenters. The molecule has 0 spiro atoms. The molecule has 0 bridgehead atoms. The van der Waals surface area contributed by atoms with Gasteiger partial charge < -0.3 is 0 Å². The summed E-state index contributed by atoms with van der Waals surface area (Å²) in [6, 6.07) is 10.7. The van der Waals surface area contributed by atoms with Crippen LogP contribution in [0.15, 0.2) is 46.0 Å². The van der Waals surface area contributed by atoms with Crippen LogP contribution in [-0.2, 0) is 0 Å². The summed E-state index contributed by atoms with van der Waals surface area (Å²) in [6.07, 6.45) is 1.56. The van der Waals surface area contributed by atoms with Crippen LogP contribution in [0.3, 0.4) is 0 Å². The van der Waals surface area contributed by atoms with Gasteiger partial charge in [0, 0.05) is 14.9 Å². The molecule has 1 heterocycles. The summed E-state index contributed by atoms with van der Waals surface area (Å²) in [6.45, 7) is 0. The van der Waals surface area contributed by atoms with Crippen LogP contribution in [0.2, 0.25) is 4.34 Å². The van der Waals surface area contributed by atoms with E-state index in [1.54, 1.807) is 36.5 Å². The third-order valence-corrected chi connectivity index (χ3v) is 3.75. The van der Waals surface area contributed by atoms with Gasteiger partial charge in [0.25, 0.3) is 5.91 Å². The van der Waals surface area contributed by atoms with Crippen LogP contribution in [0.4, 0.5) is 0 Å². The topological polar surface area (TPSA) is 41.5 Å². The van der Waals surface area contributed by atoms with Gasteiger partial charge in [-0.15, -0.1) is 11.3 Å². The fraction of sp³-hybridized carbons (Fsp3) is 0. The fourth-order valence-electron chi connectivity index (χ4n) is 1.22. The number of benzene rings is 1. The summed E-state index contributed by atoms with van der Waals surface area (Å²) in [4.78, 5) is 12.6. The molecule has 92 valence electrons. The highest BCUT2D eigenvalue weighted by Crippen LogP contribution is 2.19. The molecule has 2 aromatic rings. The van der Waals surface area contributed by atoms with Gasteiger partial charge in [-0.3, -0.25) is 4.79 Å². The van der Waals surface area contributed by atoms with Crippen LogP contribution in [-0.4, -0.2) is 12.1 Å². The summed E-state index contributed by atoms with van der Waals surface area (Å²) in [5.41, 5.74) is 3.01. The monoisotopic (exact) mass is 342 g/mol. The van der Waals surface area contributed by atoms with E-state index in [1.807, 2.05) is 6.07 Å². The van der Waals surface area contributed by atoms with Crippen molar-refractivity contribution in [1.82, 2.24) is 5.43 Å². The Morgan fingerprint density at radius 2 is 2.00 bits per heavy atom. The Hall–Kier alpha value is -1.17. The summed E-state index contributed by atoms with van der Waals surface area (Å²) in [5.74, 6) is -0.249. The zero-order valence-electron chi connectivity index (χ0n) is 9.06. The molecule has 0 saturated heterocycles. The average Bonchev–Trinajstić information content (AvgIpc) is 2.76. The van der Waals surface area contributed by atoms with E-state index >= 15 is 0 Å². The van der Waals surface area contributed by atoms with Gasteiger partial charge in [-0.1, -0.05) is 27.5 Å². The predicted octanol–water partition coefficient (Wildman–Crippen LogP) is 3.93. The van der Waals surface area contributed by atoms with Crippen molar-refractivity contribution in [2.45, 2.75) is 0 Å². The number of nitrogens with zero attached hydrogens (tertiary/aromatic N) is 1. The first-order valence-electron chi connectivity index (χ1n) is 4.99. The smallest absolute Gasteiger partial charge is 0.267 e. The normalized spacial score (nSPS) is 10.8. The minimum Gasteiger partial charge on any atom is -0.267 e. The van der Waals surface area contributed by atoms with Crippen LogP contribution < -0.4 is 5.43 Å². The number of hydrazone groups is 1. The molecule has 2 rings (SSSR count). The molecule has 0 aliphatic carbocycles. The van der Waals surface area contributed by atoms with Gasteiger partial charge in [-0.2, -0.15) is 5.10 Å². The third kappa shape index (κ3) is 3.66. The van der Waals surface area contributed by atoms with Gasteiger partial charge in [-0.25, -0.2) is 5.43 Å².